The van der Waals surface area contributed by atoms with Gasteiger partial charge in [-0.2, -0.15) is 0 Å². The van der Waals surface area contributed by atoms with Gasteiger partial charge in [0.2, 0.25) is 0 Å². The number of fused-ring (bicyclic) bond motifs is 2. The van der Waals surface area contributed by atoms with Crippen LogP contribution in [0.5, 0.6) is 0 Å². The Bertz CT molecular complexity index is 2110. The van der Waals surface area contributed by atoms with Crippen molar-refractivity contribution in [3.05, 3.63) is 137 Å². The van der Waals surface area contributed by atoms with Crippen LogP contribution in [-0.4, -0.2) is 21.8 Å². The maximum Gasteiger partial charge on any atom is 0.339 e. The summed E-state index contributed by atoms with van der Waals surface area (Å²) in [6.07, 6.45) is 0. The van der Waals surface area contributed by atoms with E-state index in [9.17, 15) is 9.59 Å². The minimum absolute atomic E-state index is 0.0161. The van der Waals surface area contributed by atoms with Crippen molar-refractivity contribution in [3.8, 4) is 21.1 Å². The van der Waals surface area contributed by atoms with Crippen LogP contribution in [0, 0.1) is 0 Å². The summed E-state index contributed by atoms with van der Waals surface area (Å²) in [4.78, 5) is 38.7. The minimum Gasteiger partial charge on any atom is -0.457 e. The Hall–Kier alpha value is -5.18. The Morgan fingerprint density at radius 1 is 0.651 bits per heavy atom. The number of nitrogens with one attached hydrogen (secondary N) is 1. The molecular weight excluding hydrogens is 575 g/mol. The highest BCUT2D eigenvalue weighted by Crippen LogP contribution is 2.30. The van der Waals surface area contributed by atoms with Crippen LogP contribution in [0.2, 0.25) is 0 Å². The van der Waals surface area contributed by atoms with E-state index in [2.05, 4.69) is 5.32 Å². The number of hydrogen-bond acceptors (Lipinski definition) is 7. The lowest BCUT2D eigenvalue weighted by Gasteiger charge is -2.14. The average Bonchev–Trinajstić information content (AvgIpc) is 3.79. The number of pyridine rings is 2. The van der Waals surface area contributed by atoms with Gasteiger partial charge in [0.05, 0.1) is 43.3 Å². The van der Waals surface area contributed by atoms with E-state index in [0.717, 1.165) is 42.9 Å². The predicted molar refractivity (Wildman–Crippen MR) is 174 cm³/mol. The van der Waals surface area contributed by atoms with Crippen molar-refractivity contribution in [2.45, 2.75) is 6.61 Å². The van der Waals surface area contributed by atoms with Crippen molar-refractivity contribution in [2.75, 3.05) is 5.32 Å². The fraction of sp³-hybridized carbons (Fsp3) is 0.0286. The van der Waals surface area contributed by atoms with Crippen molar-refractivity contribution in [3.63, 3.8) is 0 Å². The van der Waals surface area contributed by atoms with Gasteiger partial charge in [-0.1, -0.05) is 66.7 Å². The molecule has 0 radical (unpaired) electrons. The van der Waals surface area contributed by atoms with Gasteiger partial charge in [-0.25, -0.2) is 14.8 Å². The molecule has 0 saturated carbocycles. The zero-order valence-corrected chi connectivity index (χ0v) is 24.3. The van der Waals surface area contributed by atoms with Gasteiger partial charge in [-0.05, 0) is 53.2 Å². The average molecular weight is 598 g/mol. The molecule has 6 nitrogen and oxygen atoms in total. The third-order valence-electron chi connectivity index (χ3n) is 7.07. The number of rotatable bonds is 7. The zero-order valence-electron chi connectivity index (χ0n) is 22.7. The summed E-state index contributed by atoms with van der Waals surface area (Å²) >= 11 is 3.14. The summed E-state index contributed by atoms with van der Waals surface area (Å²) in [6.45, 7) is -0.0161. The first kappa shape index (κ1) is 26.7. The van der Waals surface area contributed by atoms with E-state index in [4.69, 9.17) is 14.7 Å². The van der Waals surface area contributed by atoms with Crippen LogP contribution in [0.15, 0.2) is 120 Å². The van der Waals surface area contributed by atoms with E-state index < -0.39 is 5.97 Å². The molecule has 0 aliphatic carbocycles. The summed E-state index contributed by atoms with van der Waals surface area (Å²) in [6, 6.07) is 34.0. The minimum atomic E-state index is -0.460. The molecule has 7 rings (SSSR count). The SMILES string of the molecule is O=C(Nc1ccccc1COC(=O)c1cc(-c2cccs2)nc2ccccc12)c1cc(-c2cccs2)nc2ccccc12. The Kier molecular flexibility index (Phi) is 7.20. The van der Waals surface area contributed by atoms with Gasteiger partial charge in [0.1, 0.15) is 6.61 Å². The lowest BCUT2D eigenvalue weighted by atomic mass is 10.1. The van der Waals surface area contributed by atoms with Gasteiger partial charge in [0, 0.05) is 22.0 Å². The summed E-state index contributed by atoms with van der Waals surface area (Å²) in [5, 5.41) is 8.50. The van der Waals surface area contributed by atoms with Crippen LogP contribution >= 0.6 is 22.7 Å². The van der Waals surface area contributed by atoms with Crippen LogP contribution in [0.4, 0.5) is 5.69 Å². The third-order valence-corrected chi connectivity index (χ3v) is 8.85. The molecule has 0 aliphatic rings. The largest absolute Gasteiger partial charge is 0.457 e. The van der Waals surface area contributed by atoms with Gasteiger partial charge in [-0.3, -0.25) is 4.79 Å². The zero-order chi connectivity index (χ0) is 29.2. The Balaban J connectivity index is 1.16. The molecule has 0 aliphatic heterocycles. The number of benzene rings is 3. The normalized spacial score (nSPS) is 11.1. The summed E-state index contributed by atoms with van der Waals surface area (Å²) < 4.78 is 5.84. The second-order valence-electron chi connectivity index (χ2n) is 9.79. The van der Waals surface area contributed by atoms with Crippen molar-refractivity contribution in [1.29, 1.82) is 0 Å². The number of hydrogen-bond donors (Lipinski definition) is 1. The number of anilines is 1. The third kappa shape index (κ3) is 5.41. The monoisotopic (exact) mass is 597 g/mol. The first-order valence-corrected chi connectivity index (χ1v) is 15.3. The number of thiophene rings is 2. The number of carbonyl (C=O) groups excluding carboxylic acids is 2. The fourth-order valence-electron chi connectivity index (χ4n) is 4.99. The second kappa shape index (κ2) is 11.6. The van der Waals surface area contributed by atoms with Crippen molar-refractivity contribution in [1.82, 2.24) is 9.97 Å². The van der Waals surface area contributed by atoms with Gasteiger partial charge < -0.3 is 10.1 Å². The second-order valence-corrected chi connectivity index (χ2v) is 11.7. The number of amides is 1. The van der Waals surface area contributed by atoms with E-state index in [1.807, 2.05) is 108 Å². The van der Waals surface area contributed by atoms with E-state index in [-0.39, 0.29) is 12.5 Å². The highest BCUT2D eigenvalue weighted by molar-refractivity contribution is 7.13. The number of nitrogens with zero attached hydrogens (tertiary/aromatic N) is 2. The molecule has 0 bridgehead atoms. The van der Waals surface area contributed by atoms with E-state index in [1.54, 1.807) is 34.8 Å². The first-order chi connectivity index (χ1) is 21.1. The van der Waals surface area contributed by atoms with Crippen LogP contribution in [-0.2, 0) is 11.3 Å². The Morgan fingerprint density at radius 2 is 1.21 bits per heavy atom. The highest BCUT2D eigenvalue weighted by atomic mass is 32.1. The predicted octanol–water partition coefficient (Wildman–Crippen LogP) is 8.85. The molecular formula is C35H23N3O3S2. The number of carbonyl (C=O) groups is 2. The summed E-state index contributed by atoms with van der Waals surface area (Å²) in [5.41, 5.74) is 5.14. The van der Waals surface area contributed by atoms with Gasteiger partial charge in [0.15, 0.2) is 0 Å². The molecule has 0 fully saturated rings. The quantitative estimate of drug-likeness (QED) is 0.186. The molecule has 1 N–H and O–H groups in total. The smallest absolute Gasteiger partial charge is 0.339 e. The van der Waals surface area contributed by atoms with Gasteiger partial charge in [0.25, 0.3) is 5.91 Å². The van der Waals surface area contributed by atoms with Crippen LogP contribution in [0.1, 0.15) is 26.3 Å². The molecule has 1 amide bonds. The molecule has 3 aromatic carbocycles. The van der Waals surface area contributed by atoms with Gasteiger partial charge in [-0.15, -0.1) is 22.7 Å². The first-order valence-electron chi connectivity index (χ1n) is 13.6. The van der Waals surface area contributed by atoms with E-state index in [1.165, 1.54) is 0 Å². The van der Waals surface area contributed by atoms with Crippen molar-refractivity contribution >= 4 is 62.0 Å². The molecule has 0 saturated heterocycles. The summed E-state index contributed by atoms with van der Waals surface area (Å²) in [7, 11) is 0. The molecule has 0 atom stereocenters. The molecule has 7 aromatic rings. The Labute approximate surface area is 255 Å². The van der Waals surface area contributed by atoms with E-state index >= 15 is 0 Å². The maximum atomic E-state index is 13.7. The molecule has 208 valence electrons. The highest BCUT2D eigenvalue weighted by Gasteiger charge is 2.19. The molecule has 0 spiro atoms. The lowest BCUT2D eigenvalue weighted by molar-refractivity contribution is 0.0476. The lowest BCUT2D eigenvalue weighted by Crippen LogP contribution is -2.15. The molecule has 43 heavy (non-hydrogen) atoms. The topological polar surface area (TPSA) is 81.2 Å². The molecule has 8 heteroatoms. The van der Waals surface area contributed by atoms with Crippen LogP contribution in [0.25, 0.3) is 42.9 Å². The van der Waals surface area contributed by atoms with Crippen molar-refractivity contribution < 1.29 is 14.3 Å². The number of aromatic nitrogens is 2. The number of ether oxygens (including phenoxy) is 1. The van der Waals surface area contributed by atoms with E-state index in [0.29, 0.717) is 22.4 Å². The molecule has 4 heterocycles. The molecule has 0 unspecified atom stereocenters. The van der Waals surface area contributed by atoms with Crippen LogP contribution in [0.3, 0.4) is 0 Å². The Morgan fingerprint density at radius 3 is 1.84 bits per heavy atom. The maximum absolute atomic E-state index is 13.7. The van der Waals surface area contributed by atoms with Gasteiger partial charge >= 0.3 is 5.97 Å². The fourth-order valence-corrected chi connectivity index (χ4v) is 6.36. The van der Waals surface area contributed by atoms with Crippen molar-refractivity contribution in [2.24, 2.45) is 0 Å². The van der Waals surface area contributed by atoms with Crippen LogP contribution < -0.4 is 5.32 Å². The summed E-state index contributed by atoms with van der Waals surface area (Å²) in [5.74, 6) is -0.728. The molecule has 4 aromatic heterocycles. The standard InChI is InChI=1S/C35H23N3O3S2/c39-34(25-19-30(32-15-7-17-42-32)36-28-13-5-2-10-23(25)28)38-27-12-4-1-9-22(27)21-41-35(40)26-20-31(33-16-8-18-43-33)37-29-14-6-3-11-24(26)29/h1-20H,21H2,(H,38,39). The number of esters is 1. The number of para-hydroxylation sites is 3.